The number of nitrogens with zero attached hydrogens (tertiary/aromatic N) is 1. The molecule has 1 atom stereocenters. The molecule has 3 N–H and O–H groups in total. The molecule has 0 saturated carbocycles. The van der Waals surface area contributed by atoms with E-state index in [1.54, 1.807) is 0 Å². The van der Waals surface area contributed by atoms with Gasteiger partial charge in [0.05, 0.1) is 6.21 Å². The van der Waals surface area contributed by atoms with Crippen LogP contribution in [0.4, 0.5) is 0 Å². The van der Waals surface area contributed by atoms with Gasteiger partial charge in [0.2, 0.25) is 0 Å². The lowest BCUT2D eigenvalue weighted by molar-refractivity contribution is -0.387. The Bertz CT molecular complexity index is 57.1. The van der Waals surface area contributed by atoms with Crippen molar-refractivity contribution in [1.82, 2.24) is 0 Å². The fourth-order valence-electron chi connectivity index (χ4n) is 0.285. The first-order valence-electron chi connectivity index (χ1n) is 2.60. The zero-order chi connectivity index (χ0) is 5.70. The second kappa shape index (κ2) is 3.81. The molecule has 2 nitrogen and oxygen atoms in total. The van der Waals surface area contributed by atoms with Crippen LogP contribution in [0.5, 0.6) is 0 Å². The van der Waals surface area contributed by atoms with Gasteiger partial charge in [-0.2, -0.15) is 0 Å². The fraction of sp³-hybridized carbons (Fsp3) is 0.800. The van der Waals surface area contributed by atoms with Crippen LogP contribution >= 0.6 is 0 Å². The molecule has 0 rings (SSSR count). The minimum atomic E-state index is 0.361. The lowest BCUT2D eigenvalue weighted by Gasteiger charge is -1.86. The summed E-state index contributed by atoms with van der Waals surface area (Å²) in [6, 6.07) is 0.361. The molecule has 0 aliphatic rings. The van der Waals surface area contributed by atoms with Crippen LogP contribution < -0.4 is 5.73 Å². The van der Waals surface area contributed by atoms with Gasteiger partial charge in [-0.15, -0.1) is 0 Å². The van der Waals surface area contributed by atoms with Crippen molar-refractivity contribution in [2.75, 3.05) is 6.54 Å². The van der Waals surface area contributed by atoms with Crippen molar-refractivity contribution in [3.63, 3.8) is 0 Å². The van der Waals surface area contributed by atoms with Crippen molar-refractivity contribution in [3.05, 3.63) is 0 Å². The minimum Gasteiger partial charge on any atom is -0.351 e. The molecule has 0 bridgehead atoms. The van der Waals surface area contributed by atoms with Gasteiger partial charge in [0.1, 0.15) is 6.04 Å². The van der Waals surface area contributed by atoms with Gasteiger partial charge in [0.15, 0.2) is 0 Å². The van der Waals surface area contributed by atoms with E-state index in [0.717, 1.165) is 6.54 Å². The lowest BCUT2D eigenvalue weighted by atomic mass is 10.4. The zero-order valence-electron chi connectivity index (χ0n) is 5.02. The third kappa shape index (κ3) is 5.63. The number of rotatable bonds is 2. The predicted molar refractivity (Wildman–Crippen MR) is 31.4 cm³/mol. The van der Waals surface area contributed by atoms with Gasteiger partial charge in [-0.05, 0) is 13.8 Å². The van der Waals surface area contributed by atoms with Crippen LogP contribution in [0.3, 0.4) is 0 Å². The number of quaternary nitrogens is 1. The molecular formula is C5H13N2+. The lowest BCUT2D eigenvalue weighted by Crippen LogP contribution is -2.59. The molecular weight excluding hydrogens is 88.1 g/mol. The van der Waals surface area contributed by atoms with Crippen molar-refractivity contribution in [3.8, 4) is 0 Å². The van der Waals surface area contributed by atoms with E-state index in [9.17, 15) is 0 Å². The molecule has 0 aliphatic heterocycles. The molecule has 0 amide bonds. The van der Waals surface area contributed by atoms with Crippen molar-refractivity contribution in [2.45, 2.75) is 19.9 Å². The highest BCUT2D eigenvalue weighted by atomic mass is 14.7. The molecule has 0 fully saturated rings. The van der Waals surface area contributed by atoms with Crippen molar-refractivity contribution in [2.24, 2.45) is 4.99 Å². The van der Waals surface area contributed by atoms with Crippen LogP contribution in [-0.2, 0) is 0 Å². The maximum absolute atomic E-state index is 3.98. The van der Waals surface area contributed by atoms with Crippen LogP contribution in [0.15, 0.2) is 4.99 Å². The highest BCUT2D eigenvalue weighted by Crippen LogP contribution is 1.65. The molecule has 2 heteroatoms. The summed E-state index contributed by atoms with van der Waals surface area (Å²) in [7, 11) is 0. The smallest absolute Gasteiger partial charge is 0.117 e. The van der Waals surface area contributed by atoms with Gasteiger partial charge in [-0.1, -0.05) is 0 Å². The monoisotopic (exact) mass is 101 g/mol. The first kappa shape index (κ1) is 6.63. The average molecular weight is 101 g/mol. The molecule has 42 valence electrons. The highest BCUT2D eigenvalue weighted by Gasteiger charge is 1.83. The van der Waals surface area contributed by atoms with Crippen LogP contribution in [0.1, 0.15) is 13.8 Å². The topological polar surface area (TPSA) is 40.0 Å². The summed E-state index contributed by atoms with van der Waals surface area (Å²) in [4.78, 5) is 3.98. The Hall–Kier alpha value is -0.370. The molecule has 0 aromatic rings. The van der Waals surface area contributed by atoms with E-state index in [1.807, 2.05) is 20.1 Å². The molecule has 0 radical (unpaired) electrons. The largest absolute Gasteiger partial charge is 0.351 e. The fourth-order valence-corrected chi connectivity index (χ4v) is 0.285. The Kier molecular flexibility index (Phi) is 3.61. The van der Waals surface area contributed by atoms with Crippen LogP contribution in [0.25, 0.3) is 0 Å². The summed E-state index contributed by atoms with van der Waals surface area (Å²) < 4.78 is 0. The van der Waals surface area contributed by atoms with E-state index in [0.29, 0.717) is 6.04 Å². The SMILES string of the molecule is CCN=CC(C)[NH3+]. The quantitative estimate of drug-likeness (QED) is 0.464. The summed E-state index contributed by atoms with van der Waals surface area (Å²) in [5.74, 6) is 0. The van der Waals surface area contributed by atoms with Gasteiger partial charge in [0, 0.05) is 6.54 Å². The number of aliphatic imine (C=N–C) groups is 1. The van der Waals surface area contributed by atoms with E-state index in [2.05, 4.69) is 10.7 Å². The van der Waals surface area contributed by atoms with Crippen molar-refractivity contribution >= 4 is 6.21 Å². The summed E-state index contributed by atoms with van der Waals surface area (Å²) in [6.07, 6.45) is 1.86. The zero-order valence-corrected chi connectivity index (χ0v) is 5.02. The van der Waals surface area contributed by atoms with Gasteiger partial charge >= 0.3 is 0 Å². The maximum atomic E-state index is 3.98. The Balaban J connectivity index is 3.08. The van der Waals surface area contributed by atoms with Gasteiger partial charge in [-0.3, -0.25) is 4.99 Å². The van der Waals surface area contributed by atoms with Gasteiger partial charge < -0.3 is 5.73 Å². The summed E-state index contributed by atoms with van der Waals surface area (Å²) in [6.45, 7) is 4.90. The molecule has 1 unspecified atom stereocenters. The maximum Gasteiger partial charge on any atom is 0.117 e. The molecule has 0 aromatic carbocycles. The van der Waals surface area contributed by atoms with Gasteiger partial charge in [0.25, 0.3) is 0 Å². The van der Waals surface area contributed by atoms with E-state index < -0.39 is 0 Å². The molecule has 7 heavy (non-hydrogen) atoms. The third-order valence-corrected chi connectivity index (χ3v) is 0.542. The Morgan fingerprint density at radius 2 is 2.43 bits per heavy atom. The van der Waals surface area contributed by atoms with E-state index in [1.165, 1.54) is 0 Å². The normalized spacial score (nSPS) is 15.3. The Morgan fingerprint density at radius 3 is 2.57 bits per heavy atom. The highest BCUT2D eigenvalue weighted by molar-refractivity contribution is 5.61. The third-order valence-electron chi connectivity index (χ3n) is 0.542. The van der Waals surface area contributed by atoms with Crippen molar-refractivity contribution < 1.29 is 5.73 Å². The standard InChI is InChI=1S/C5H12N2/c1-3-7-4-5(2)6/h4-5H,3,6H2,1-2H3/p+1. The predicted octanol–water partition coefficient (Wildman–Crippen LogP) is -0.292. The van der Waals surface area contributed by atoms with Crippen molar-refractivity contribution in [1.29, 1.82) is 0 Å². The summed E-state index contributed by atoms with van der Waals surface area (Å²) in [5.41, 5.74) is 3.73. The molecule has 0 spiro atoms. The number of hydrogen-bond donors (Lipinski definition) is 1. The Labute approximate surface area is 44.4 Å². The van der Waals surface area contributed by atoms with E-state index in [-0.39, 0.29) is 0 Å². The van der Waals surface area contributed by atoms with E-state index in [4.69, 9.17) is 0 Å². The van der Waals surface area contributed by atoms with Crippen LogP contribution in [0.2, 0.25) is 0 Å². The summed E-state index contributed by atoms with van der Waals surface area (Å²) in [5, 5.41) is 0. The second-order valence-corrected chi connectivity index (χ2v) is 1.63. The van der Waals surface area contributed by atoms with Crippen LogP contribution in [-0.4, -0.2) is 18.8 Å². The summed E-state index contributed by atoms with van der Waals surface area (Å²) >= 11 is 0. The average Bonchev–Trinajstić information content (AvgIpc) is 1.61. The first-order valence-corrected chi connectivity index (χ1v) is 2.60. The van der Waals surface area contributed by atoms with E-state index >= 15 is 0 Å². The Morgan fingerprint density at radius 1 is 1.86 bits per heavy atom. The minimum absolute atomic E-state index is 0.361. The molecule has 0 aromatic heterocycles. The molecule has 0 heterocycles. The van der Waals surface area contributed by atoms with Crippen LogP contribution in [0, 0.1) is 0 Å². The van der Waals surface area contributed by atoms with Gasteiger partial charge in [-0.25, -0.2) is 0 Å². The number of hydrogen-bond acceptors (Lipinski definition) is 1. The molecule has 0 saturated heterocycles. The molecule has 0 aliphatic carbocycles. The second-order valence-electron chi connectivity index (χ2n) is 1.63. The first-order chi connectivity index (χ1) is 3.27.